The average molecular weight is 378 g/mol. The Morgan fingerprint density at radius 2 is 1.84 bits per heavy atom. The Balaban J connectivity index is 2.02. The molecule has 8 heteroatoms. The van der Waals surface area contributed by atoms with Crippen molar-refractivity contribution in [2.24, 2.45) is 0 Å². The molecule has 0 saturated heterocycles. The Morgan fingerprint density at radius 3 is 2.56 bits per heavy atom. The third-order valence-corrected chi connectivity index (χ3v) is 5.36. The van der Waals surface area contributed by atoms with Crippen LogP contribution in [0.25, 0.3) is 11.0 Å². The number of halogens is 1. The minimum atomic E-state index is -4.00. The van der Waals surface area contributed by atoms with Crippen molar-refractivity contribution in [2.75, 3.05) is 4.72 Å². The lowest BCUT2D eigenvalue weighted by atomic mass is 10.1. The lowest BCUT2D eigenvalue weighted by Crippen LogP contribution is -2.14. The first-order valence-corrected chi connectivity index (χ1v) is 8.99. The van der Waals surface area contributed by atoms with E-state index in [2.05, 4.69) is 4.72 Å². The van der Waals surface area contributed by atoms with E-state index in [0.29, 0.717) is 11.0 Å². The van der Waals surface area contributed by atoms with E-state index in [4.69, 9.17) is 16.0 Å². The number of carbonyl (C=O) groups is 1. The normalized spacial score (nSPS) is 11.4. The molecule has 2 aromatic carbocycles. The summed E-state index contributed by atoms with van der Waals surface area (Å²) in [4.78, 5) is 22.5. The van der Waals surface area contributed by atoms with Gasteiger partial charge in [-0.05, 0) is 49.4 Å². The van der Waals surface area contributed by atoms with E-state index in [9.17, 15) is 18.0 Å². The number of nitrogens with one attached hydrogen (secondary N) is 1. The molecular weight excluding hydrogens is 366 g/mol. The number of sulfonamides is 1. The van der Waals surface area contributed by atoms with Crippen molar-refractivity contribution in [1.29, 1.82) is 0 Å². The summed E-state index contributed by atoms with van der Waals surface area (Å²) in [6.45, 7) is 1.34. The number of Topliss-reactive ketones (excluding diaryl/α,β-unsaturated/α-hetero) is 1. The second-order valence-electron chi connectivity index (χ2n) is 5.31. The standard InChI is InChI=1S/C17H12ClNO5S/c1-10(20)11-2-5-14(18)16(9-11)25(22,23)19-13-4-6-15-12(8-13)3-7-17(21)24-15/h2-9,19H,1H3. The van der Waals surface area contributed by atoms with Crippen LogP contribution in [-0.4, -0.2) is 14.2 Å². The molecule has 0 aliphatic heterocycles. The summed E-state index contributed by atoms with van der Waals surface area (Å²) in [7, 11) is -4.00. The van der Waals surface area contributed by atoms with Crippen molar-refractivity contribution in [1.82, 2.24) is 0 Å². The number of carbonyl (C=O) groups excluding carboxylic acids is 1. The number of hydrogen-bond acceptors (Lipinski definition) is 5. The number of fused-ring (bicyclic) bond motifs is 1. The molecule has 6 nitrogen and oxygen atoms in total. The van der Waals surface area contributed by atoms with Crippen LogP contribution in [0, 0.1) is 0 Å². The van der Waals surface area contributed by atoms with Gasteiger partial charge in [-0.15, -0.1) is 0 Å². The van der Waals surface area contributed by atoms with Crippen LogP contribution in [-0.2, 0) is 10.0 Å². The second-order valence-corrected chi connectivity index (χ2v) is 7.37. The minimum Gasteiger partial charge on any atom is -0.423 e. The highest BCUT2D eigenvalue weighted by Crippen LogP contribution is 2.26. The SMILES string of the molecule is CC(=O)c1ccc(Cl)c(S(=O)(=O)Nc2ccc3oc(=O)ccc3c2)c1. The maximum Gasteiger partial charge on any atom is 0.336 e. The average Bonchev–Trinajstić information content (AvgIpc) is 2.54. The molecule has 0 amide bonds. The van der Waals surface area contributed by atoms with Crippen molar-refractivity contribution in [2.45, 2.75) is 11.8 Å². The molecule has 0 aliphatic rings. The van der Waals surface area contributed by atoms with E-state index in [1.165, 1.54) is 55.5 Å². The number of anilines is 1. The van der Waals surface area contributed by atoms with Crippen molar-refractivity contribution in [3.63, 3.8) is 0 Å². The molecule has 1 aromatic heterocycles. The van der Waals surface area contributed by atoms with Crippen LogP contribution in [0.5, 0.6) is 0 Å². The van der Waals surface area contributed by atoms with Gasteiger partial charge in [0.05, 0.1) is 5.02 Å². The molecule has 0 aliphatic carbocycles. The quantitative estimate of drug-likeness (QED) is 0.555. The van der Waals surface area contributed by atoms with Gasteiger partial charge in [0.1, 0.15) is 10.5 Å². The third-order valence-electron chi connectivity index (χ3n) is 3.50. The molecular formula is C17H12ClNO5S. The summed E-state index contributed by atoms with van der Waals surface area (Å²) >= 11 is 5.98. The summed E-state index contributed by atoms with van der Waals surface area (Å²) in [5.74, 6) is -0.270. The molecule has 1 heterocycles. The lowest BCUT2D eigenvalue weighted by molar-refractivity contribution is 0.101. The molecule has 0 saturated carbocycles. The van der Waals surface area contributed by atoms with E-state index in [1.54, 1.807) is 0 Å². The first-order valence-electron chi connectivity index (χ1n) is 7.13. The largest absolute Gasteiger partial charge is 0.423 e. The van der Waals surface area contributed by atoms with Crippen molar-refractivity contribution < 1.29 is 17.6 Å². The zero-order chi connectivity index (χ0) is 18.2. The Labute approximate surface area is 148 Å². The Hall–Kier alpha value is -2.64. The molecule has 128 valence electrons. The molecule has 0 spiro atoms. The topological polar surface area (TPSA) is 93.4 Å². The zero-order valence-corrected chi connectivity index (χ0v) is 14.5. The van der Waals surface area contributed by atoms with Gasteiger partial charge in [-0.2, -0.15) is 0 Å². The minimum absolute atomic E-state index is 0.00397. The fraction of sp³-hybridized carbons (Fsp3) is 0.0588. The highest BCUT2D eigenvalue weighted by molar-refractivity contribution is 7.92. The second kappa shape index (κ2) is 6.34. The molecule has 0 fully saturated rings. The number of benzene rings is 2. The van der Waals surface area contributed by atoms with Crippen molar-refractivity contribution in [3.8, 4) is 0 Å². The maximum absolute atomic E-state index is 12.6. The van der Waals surface area contributed by atoms with Crippen LogP contribution in [0.15, 0.2) is 62.6 Å². The van der Waals surface area contributed by atoms with Crippen molar-refractivity contribution in [3.05, 3.63) is 69.5 Å². The molecule has 0 bridgehead atoms. The fourth-order valence-corrected chi connectivity index (χ4v) is 3.85. The Bertz CT molecular complexity index is 1150. The molecule has 3 rings (SSSR count). The van der Waals surface area contributed by atoms with Gasteiger partial charge in [-0.1, -0.05) is 11.6 Å². The van der Waals surface area contributed by atoms with Gasteiger partial charge < -0.3 is 4.42 Å². The Morgan fingerprint density at radius 1 is 1.08 bits per heavy atom. The number of ketones is 1. The molecule has 25 heavy (non-hydrogen) atoms. The van der Waals surface area contributed by atoms with Gasteiger partial charge in [-0.25, -0.2) is 13.2 Å². The number of hydrogen-bond donors (Lipinski definition) is 1. The van der Waals surface area contributed by atoms with Gasteiger partial charge in [0.15, 0.2) is 5.78 Å². The van der Waals surface area contributed by atoms with Crippen molar-refractivity contribution >= 4 is 44.1 Å². The monoisotopic (exact) mass is 377 g/mol. The maximum atomic E-state index is 12.6. The van der Waals surface area contributed by atoms with E-state index in [-0.39, 0.29) is 27.0 Å². The smallest absolute Gasteiger partial charge is 0.336 e. The van der Waals surface area contributed by atoms with E-state index >= 15 is 0 Å². The highest BCUT2D eigenvalue weighted by atomic mass is 35.5. The first kappa shape index (κ1) is 17.2. The molecule has 0 unspecified atom stereocenters. The highest BCUT2D eigenvalue weighted by Gasteiger charge is 2.20. The third kappa shape index (κ3) is 3.57. The van der Waals surface area contributed by atoms with Gasteiger partial charge in [0.2, 0.25) is 0 Å². The Kier molecular flexibility index (Phi) is 4.36. The molecule has 0 radical (unpaired) electrons. The number of rotatable bonds is 4. The zero-order valence-electron chi connectivity index (χ0n) is 12.9. The molecule has 1 N–H and O–H groups in total. The van der Waals surface area contributed by atoms with E-state index in [0.717, 1.165) is 0 Å². The van der Waals surface area contributed by atoms with Crippen LogP contribution in [0.4, 0.5) is 5.69 Å². The predicted molar refractivity (Wildman–Crippen MR) is 94.7 cm³/mol. The predicted octanol–water partition coefficient (Wildman–Crippen LogP) is 3.45. The van der Waals surface area contributed by atoms with Crippen LogP contribution >= 0.6 is 11.6 Å². The molecule has 3 aromatic rings. The van der Waals surface area contributed by atoms with Gasteiger partial charge in [0.25, 0.3) is 10.0 Å². The van der Waals surface area contributed by atoms with Crippen LogP contribution in [0.3, 0.4) is 0 Å². The van der Waals surface area contributed by atoms with E-state index in [1.807, 2.05) is 0 Å². The summed E-state index contributed by atoms with van der Waals surface area (Å²) in [5.41, 5.74) is 0.358. The van der Waals surface area contributed by atoms with Gasteiger partial charge in [0, 0.05) is 22.7 Å². The summed E-state index contributed by atoms with van der Waals surface area (Å²) in [5, 5.41) is 0.563. The van der Waals surface area contributed by atoms with Crippen LogP contribution in [0.1, 0.15) is 17.3 Å². The lowest BCUT2D eigenvalue weighted by Gasteiger charge is -2.11. The molecule has 0 atom stereocenters. The summed E-state index contributed by atoms with van der Waals surface area (Å²) in [6, 6.07) is 11.3. The van der Waals surface area contributed by atoms with Gasteiger partial charge in [-0.3, -0.25) is 9.52 Å². The van der Waals surface area contributed by atoms with Crippen LogP contribution < -0.4 is 10.3 Å². The summed E-state index contributed by atoms with van der Waals surface area (Å²) in [6.07, 6.45) is 0. The first-order chi connectivity index (χ1) is 11.8. The fourth-order valence-electron chi connectivity index (χ4n) is 2.27. The van der Waals surface area contributed by atoms with E-state index < -0.39 is 15.6 Å². The summed E-state index contributed by atoms with van der Waals surface area (Å²) < 4.78 is 32.6. The van der Waals surface area contributed by atoms with Gasteiger partial charge >= 0.3 is 5.63 Å². The van der Waals surface area contributed by atoms with Crippen LogP contribution in [0.2, 0.25) is 5.02 Å².